The first kappa shape index (κ1) is 52.1. The predicted octanol–water partition coefficient (Wildman–Crippen LogP) is 13.3. The van der Waals surface area contributed by atoms with Gasteiger partial charge in [0.05, 0.1) is 25.4 Å². The third kappa shape index (κ3) is 39.8. The molecule has 316 valence electrons. The second-order valence-corrected chi connectivity index (χ2v) is 15.7. The SMILES string of the molecule is CCCCC/C=C\C/C=C\CCCCCCCCCCCC(=O)OCCCCCC/C=C\CCCC(=O)NC(CO)C(O)CCCCCCCCCCC. The van der Waals surface area contributed by atoms with Crippen molar-refractivity contribution < 1.29 is 24.5 Å². The maximum Gasteiger partial charge on any atom is 0.305 e. The Morgan fingerprint density at radius 3 is 1.50 bits per heavy atom. The number of hydrogen-bond acceptors (Lipinski definition) is 5. The zero-order valence-electron chi connectivity index (χ0n) is 35.7. The number of nitrogens with one attached hydrogen (secondary N) is 1. The highest BCUT2D eigenvalue weighted by Crippen LogP contribution is 2.14. The fourth-order valence-corrected chi connectivity index (χ4v) is 6.79. The van der Waals surface area contributed by atoms with Gasteiger partial charge in [0.25, 0.3) is 0 Å². The molecule has 0 aliphatic heterocycles. The van der Waals surface area contributed by atoms with E-state index in [0.717, 1.165) is 77.0 Å². The van der Waals surface area contributed by atoms with Crippen molar-refractivity contribution in [2.75, 3.05) is 13.2 Å². The van der Waals surface area contributed by atoms with Gasteiger partial charge in [-0.15, -0.1) is 0 Å². The van der Waals surface area contributed by atoms with E-state index in [4.69, 9.17) is 4.74 Å². The number of amides is 1. The Morgan fingerprint density at radius 2 is 0.944 bits per heavy atom. The monoisotopic (exact) mass is 760 g/mol. The molecule has 3 N–H and O–H groups in total. The van der Waals surface area contributed by atoms with Gasteiger partial charge >= 0.3 is 5.97 Å². The van der Waals surface area contributed by atoms with Gasteiger partial charge in [-0.05, 0) is 77.0 Å². The largest absolute Gasteiger partial charge is 0.466 e. The van der Waals surface area contributed by atoms with Gasteiger partial charge < -0.3 is 20.3 Å². The van der Waals surface area contributed by atoms with Gasteiger partial charge in [0.1, 0.15) is 0 Å². The van der Waals surface area contributed by atoms with Crippen LogP contribution in [0.3, 0.4) is 0 Å². The Morgan fingerprint density at radius 1 is 0.519 bits per heavy atom. The van der Waals surface area contributed by atoms with Crippen molar-refractivity contribution >= 4 is 11.9 Å². The van der Waals surface area contributed by atoms with Crippen LogP contribution in [-0.4, -0.2) is 47.4 Å². The summed E-state index contributed by atoms with van der Waals surface area (Å²) in [7, 11) is 0. The molecule has 0 radical (unpaired) electrons. The van der Waals surface area contributed by atoms with Crippen molar-refractivity contribution in [2.45, 2.75) is 244 Å². The Hall–Kier alpha value is -1.92. The average Bonchev–Trinajstić information content (AvgIpc) is 3.17. The Kier molecular flexibility index (Phi) is 42.2. The summed E-state index contributed by atoms with van der Waals surface area (Å²) in [5.41, 5.74) is 0. The van der Waals surface area contributed by atoms with Crippen molar-refractivity contribution in [1.29, 1.82) is 0 Å². The van der Waals surface area contributed by atoms with Gasteiger partial charge in [0.2, 0.25) is 5.91 Å². The molecule has 0 aromatic carbocycles. The zero-order chi connectivity index (χ0) is 39.4. The van der Waals surface area contributed by atoms with Crippen LogP contribution in [0, 0.1) is 0 Å². The number of unbranched alkanes of at least 4 members (excludes halogenated alkanes) is 25. The van der Waals surface area contributed by atoms with E-state index in [1.807, 2.05) is 0 Å². The molecule has 1 amide bonds. The molecule has 0 saturated carbocycles. The van der Waals surface area contributed by atoms with E-state index in [1.165, 1.54) is 122 Å². The Balaban J connectivity index is 3.52. The van der Waals surface area contributed by atoms with Crippen molar-refractivity contribution in [3.63, 3.8) is 0 Å². The van der Waals surface area contributed by atoms with Crippen LogP contribution in [-0.2, 0) is 14.3 Å². The molecule has 0 bridgehead atoms. The smallest absolute Gasteiger partial charge is 0.305 e. The van der Waals surface area contributed by atoms with Gasteiger partial charge in [-0.2, -0.15) is 0 Å². The number of carbonyl (C=O) groups excluding carboxylic acids is 2. The van der Waals surface area contributed by atoms with E-state index in [0.29, 0.717) is 25.9 Å². The molecule has 6 heteroatoms. The lowest BCUT2D eigenvalue weighted by Gasteiger charge is -2.22. The van der Waals surface area contributed by atoms with Crippen LogP contribution in [0.25, 0.3) is 0 Å². The summed E-state index contributed by atoms with van der Waals surface area (Å²) in [5.74, 6) is -0.141. The second kappa shape index (κ2) is 43.8. The van der Waals surface area contributed by atoms with Gasteiger partial charge in [0.15, 0.2) is 0 Å². The molecule has 0 saturated heterocycles. The molecule has 0 aliphatic rings. The maximum atomic E-state index is 12.3. The number of carbonyl (C=O) groups is 2. The molecule has 2 unspecified atom stereocenters. The second-order valence-electron chi connectivity index (χ2n) is 15.7. The fraction of sp³-hybridized carbons (Fsp3) is 0.833. The average molecular weight is 760 g/mol. The molecule has 6 nitrogen and oxygen atoms in total. The van der Waals surface area contributed by atoms with E-state index in [2.05, 4.69) is 55.6 Å². The molecule has 0 spiro atoms. The highest BCUT2D eigenvalue weighted by Gasteiger charge is 2.19. The summed E-state index contributed by atoms with van der Waals surface area (Å²) in [5, 5.41) is 23.0. The molecule has 0 aliphatic carbocycles. The molecule has 0 aromatic rings. The number of esters is 1. The van der Waals surface area contributed by atoms with Crippen LogP contribution in [0.15, 0.2) is 36.5 Å². The molecule has 0 aromatic heterocycles. The van der Waals surface area contributed by atoms with E-state index >= 15 is 0 Å². The molecule has 0 heterocycles. The summed E-state index contributed by atoms with van der Waals surface area (Å²) in [4.78, 5) is 24.4. The Labute approximate surface area is 334 Å². The van der Waals surface area contributed by atoms with Crippen molar-refractivity contribution in [1.82, 2.24) is 5.32 Å². The standard InChI is InChI=1S/C48H89NO5/c1-3-5-7-9-11-13-14-15-16-17-18-19-20-21-22-26-30-34-38-42-48(53)54-43-39-35-31-27-23-25-29-33-37-41-47(52)49-45(44-50)46(51)40-36-32-28-24-12-10-8-6-4-2/h11,13,15-16,25,29,45-46,50-51H,3-10,12,14,17-24,26-28,30-44H2,1-2H3,(H,49,52)/b13-11-,16-15-,29-25-. The van der Waals surface area contributed by atoms with Crippen LogP contribution in [0.1, 0.15) is 232 Å². The number of aliphatic hydroxyl groups is 2. The van der Waals surface area contributed by atoms with Crippen molar-refractivity contribution in [3.05, 3.63) is 36.5 Å². The van der Waals surface area contributed by atoms with E-state index in [1.54, 1.807) is 0 Å². The number of aliphatic hydroxyl groups excluding tert-OH is 2. The molecule has 54 heavy (non-hydrogen) atoms. The summed E-state index contributed by atoms with van der Waals surface area (Å²) in [6.07, 6.45) is 51.2. The number of rotatable bonds is 42. The first-order valence-corrected chi connectivity index (χ1v) is 23.2. The molecule has 2 atom stereocenters. The van der Waals surface area contributed by atoms with Crippen LogP contribution in [0.4, 0.5) is 0 Å². The minimum absolute atomic E-state index is 0.0409. The van der Waals surface area contributed by atoms with Crippen LogP contribution >= 0.6 is 0 Å². The highest BCUT2D eigenvalue weighted by molar-refractivity contribution is 5.76. The molecule has 0 rings (SSSR count). The van der Waals surface area contributed by atoms with Crippen LogP contribution in [0.5, 0.6) is 0 Å². The topological polar surface area (TPSA) is 95.9 Å². The number of allylic oxidation sites excluding steroid dienone is 6. The lowest BCUT2D eigenvalue weighted by atomic mass is 10.0. The Bertz CT molecular complexity index is 884. The van der Waals surface area contributed by atoms with Gasteiger partial charge in [-0.25, -0.2) is 0 Å². The van der Waals surface area contributed by atoms with E-state index < -0.39 is 12.1 Å². The molecule has 0 fully saturated rings. The third-order valence-electron chi connectivity index (χ3n) is 10.4. The number of ether oxygens (including phenoxy) is 1. The summed E-state index contributed by atoms with van der Waals surface area (Å²) in [6.45, 7) is 4.80. The zero-order valence-corrected chi connectivity index (χ0v) is 35.7. The fourth-order valence-electron chi connectivity index (χ4n) is 6.79. The summed E-state index contributed by atoms with van der Waals surface area (Å²) in [6, 6.07) is -0.577. The van der Waals surface area contributed by atoms with Gasteiger partial charge in [0, 0.05) is 12.8 Å². The summed E-state index contributed by atoms with van der Waals surface area (Å²) < 4.78 is 5.44. The lowest BCUT2D eigenvalue weighted by Crippen LogP contribution is -2.45. The third-order valence-corrected chi connectivity index (χ3v) is 10.4. The van der Waals surface area contributed by atoms with Crippen molar-refractivity contribution in [2.24, 2.45) is 0 Å². The first-order valence-electron chi connectivity index (χ1n) is 23.2. The van der Waals surface area contributed by atoms with Crippen LogP contribution in [0.2, 0.25) is 0 Å². The van der Waals surface area contributed by atoms with Gasteiger partial charge in [-0.3, -0.25) is 9.59 Å². The quantitative estimate of drug-likeness (QED) is 0.0327. The molecular weight excluding hydrogens is 671 g/mol. The maximum absolute atomic E-state index is 12.3. The van der Waals surface area contributed by atoms with Crippen LogP contribution < -0.4 is 5.32 Å². The normalized spacial score (nSPS) is 13.0. The number of hydrogen-bond donors (Lipinski definition) is 3. The van der Waals surface area contributed by atoms with Gasteiger partial charge in [-0.1, -0.05) is 179 Å². The minimum Gasteiger partial charge on any atom is -0.466 e. The predicted molar refractivity (Wildman–Crippen MR) is 232 cm³/mol. The van der Waals surface area contributed by atoms with Crippen molar-refractivity contribution in [3.8, 4) is 0 Å². The van der Waals surface area contributed by atoms with E-state index in [9.17, 15) is 19.8 Å². The summed E-state index contributed by atoms with van der Waals surface area (Å²) >= 11 is 0. The molecular formula is C48H89NO5. The lowest BCUT2D eigenvalue weighted by molar-refractivity contribution is -0.143. The first-order chi connectivity index (χ1) is 26.5. The van der Waals surface area contributed by atoms with E-state index in [-0.39, 0.29) is 18.5 Å². The minimum atomic E-state index is -0.693. The highest BCUT2D eigenvalue weighted by atomic mass is 16.5.